The first-order valence-electron chi connectivity index (χ1n) is 19.7. The van der Waals surface area contributed by atoms with Gasteiger partial charge >= 0.3 is 0 Å². The van der Waals surface area contributed by atoms with E-state index >= 15 is 0 Å². The molecule has 4 aliphatic heterocycles. The highest BCUT2D eigenvalue weighted by molar-refractivity contribution is 6.42. The molecule has 13 nitrogen and oxygen atoms in total. The fourth-order valence-electron chi connectivity index (χ4n) is 9.69. The first-order valence-corrected chi connectivity index (χ1v) is 20.5. The molecule has 16 heteroatoms. The van der Waals surface area contributed by atoms with Gasteiger partial charge < -0.3 is 19.7 Å². The number of anilines is 3. The lowest BCUT2D eigenvalue weighted by molar-refractivity contribution is -0.141. The van der Waals surface area contributed by atoms with Crippen LogP contribution in [-0.4, -0.2) is 94.6 Å². The summed E-state index contributed by atoms with van der Waals surface area (Å²) in [5.74, 6) is 0.0634. The topological polar surface area (TPSA) is 146 Å². The predicted molar refractivity (Wildman–Crippen MR) is 215 cm³/mol. The minimum absolute atomic E-state index is 0.00215. The number of hydrogen-bond donors (Lipinski definition) is 2. The van der Waals surface area contributed by atoms with E-state index in [4.69, 9.17) is 32.7 Å². The number of aldehydes is 1. The van der Waals surface area contributed by atoms with Crippen LogP contribution < -0.4 is 25.0 Å². The van der Waals surface area contributed by atoms with Gasteiger partial charge in [0.25, 0.3) is 0 Å². The van der Waals surface area contributed by atoms with E-state index in [2.05, 4.69) is 36.5 Å². The summed E-state index contributed by atoms with van der Waals surface area (Å²) in [6.07, 6.45) is 7.18. The quantitative estimate of drug-likeness (QED) is 0.0773. The van der Waals surface area contributed by atoms with E-state index in [-0.39, 0.29) is 34.2 Å². The number of benzene rings is 3. The van der Waals surface area contributed by atoms with E-state index in [0.717, 1.165) is 68.6 Å². The zero-order valence-corrected chi connectivity index (χ0v) is 33.3. The Kier molecular flexibility index (Phi) is 10.5. The van der Waals surface area contributed by atoms with Crippen LogP contribution in [0, 0.1) is 11.7 Å². The summed E-state index contributed by atoms with van der Waals surface area (Å²) in [6, 6.07) is 12.1. The average molecular weight is 831 g/mol. The number of nitrogens with zero attached hydrogens (tertiary/aromatic N) is 5. The maximum Gasteiger partial charge on any atom is 0.243 e. The highest BCUT2D eigenvalue weighted by Gasteiger charge is 2.46. The molecule has 0 spiro atoms. The lowest BCUT2D eigenvalue weighted by Crippen LogP contribution is -2.52. The van der Waals surface area contributed by atoms with Gasteiger partial charge in [-0.05, 0) is 85.9 Å². The van der Waals surface area contributed by atoms with Crippen LogP contribution in [0.2, 0.25) is 10.0 Å². The van der Waals surface area contributed by atoms with Gasteiger partial charge in [0.2, 0.25) is 17.6 Å². The smallest absolute Gasteiger partial charge is 0.243 e. The molecule has 2 amide bonds. The average Bonchev–Trinajstić information content (AvgIpc) is 3.94. The number of imide groups is 1. The molecule has 1 aliphatic carbocycles. The molecule has 3 saturated heterocycles. The van der Waals surface area contributed by atoms with Gasteiger partial charge in [-0.3, -0.25) is 34.3 Å². The van der Waals surface area contributed by atoms with Crippen molar-refractivity contribution in [1.29, 1.82) is 0 Å². The first-order chi connectivity index (χ1) is 28.1. The van der Waals surface area contributed by atoms with Crippen molar-refractivity contribution in [1.82, 2.24) is 25.1 Å². The molecule has 2 N–H and O–H groups in total. The third-order valence-electron chi connectivity index (χ3n) is 12.6. The van der Waals surface area contributed by atoms with Crippen LogP contribution in [0.25, 0.3) is 10.9 Å². The summed E-state index contributed by atoms with van der Waals surface area (Å²) < 4.78 is 27.2. The molecule has 4 aromatic rings. The second kappa shape index (κ2) is 15.7. The van der Waals surface area contributed by atoms with Gasteiger partial charge in [0.1, 0.15) is 18.2 Å². The number of halogens is 3. The van der Waals surface area contributed by atoms with Crippen LogP contribution in [0.15, 0.2) is 48.8 Å². The van der Waals surface area contributed by atoms with E-state index in [1.807, 2.05) is 18.2 Å². The summed E-state index contributed by atoms with van der Waals surface area (Å²) in [5, 5.41) is 6.00. The van der Waals surface area contributed by atoms with Crippen LogP contribution in [0.3, 0.4) is 0 Å². The normalized spacial score (nSPS) is 25.8. The molecular weight excluding hydrogens is 788 g/mol. The second-order valence-electron chi connectivity index (χ2n) is 15.9. The molecule has 1 saturated carbocycles. The molecule has 5 heterocycles. The van der Waals surface area contributed by atoms with Gasteiger partial charge in [-0.25, -0.2) is 14.4 Å². The molecule has 302 valence electrons. The van der Waals surface area contributed by atoms with E-state index in [1.165, 1.54) is 18.5 Å². The van der Waals surface area contributed by atoms with Crippen molar-refractivity contribution in [3.63, 3.8) is 0 Å². The number of amides is 2. The Morgan fingerprint density at radius 1 is 1.02 bits per heavy atom. The molecule has 2 bridgehead atoms. The van der Waals surface area contributed by atoms with Crippen molar-refractivity contribution in [2.75, 3.05) is 37.0 Å². The van der Waals surface area contributed by atoms with Crippen molar-refractivity contribution in [2.45, 2.75) is 81.8 Å². The predicted octanol–water partition coefficient (Wildman–Crippen LogP) is 6.16. The standard InChI is InChI=1S/C42H42Cl2FN7O6/c1-57-35-15-32-29(41(47-21-46-32)48-31-9-8-30(43)38(44)39(31)45)14-36(35)58-27-6-2-22(3-7-27)16-50-18-26-12-25(50)19-51(26)24-5-4-23-17-52(33-10-11-37(55)49-42(33)56)40(28(23)13-24)34(54)20-53/h4-5,8-9,13-15,20-22,25-27,33,40H,2-3,6-7,10-12,16-19H2,1H3,(H,46,47,48)(H,49,55,56). The van der Waals surface area contributed by atoms with Crippen LogP contribution in [0.4, 0.5) is 21.6 Å². The molecule has 0 radical (unpaired) electrons. The number of rotatable bonds is 11. The van der Waals surface area contributed by atoms with Crippen molar-refractivity contribution in [2.24, 2.45) is 5.92 Å². The van der Waals surface area contributed by atoms with Gasteiger partial charge in [-0.15, -0.1) is 0 Å². The number of carbonyl (C=O) groups is 4. The molecule has 58 heavy (non-hydrogen) atoms. The monoisotopic (exact) mass is 829 g/mol. The Morgan fingerprint density at radius 3 is 2.59 bits per heavy atom. The van der Waals surface area contributed by atoms with E-state index in [1.54, 1.807) is 18.1 Å². The number of hydrogen-bond acceptors (Lipinski definition) is 12. The van der Waals surface area contributed by atoms with Crippen molar-refractivity contribution >= 4 is 75.2 Å². The number of piperazine rings is 1. The number of nitrogens with one attached hydrogen (secondary N) is 2. The summed E-state index contributed by atoms with van der Waals surface area (Å²) >= 11 is 12.0. The Labute approximate surface area is 344 Å². The van der Waals surface area contributed by atoms with E-state index in [9.17, 15) is 23.6 Å². The van der Waals surface area contributed by atoms with Crippen molar-refractivity contribution in [3.8, 4) is 11.5 Å². The minimum atomic E-state index is -0.844. The van der Waals surface area contributed by atoms with Gasteiger partial charge in [0.15, 0.2) is 23.6 Å². The zero-order valence-electron chi connectivity index (χ0n) is 31.8. The van der Waals surface area contributed by atoms with Gasteiger partial charge in [-0.1, -0.05) is 29.3 Å². The Morgan fingerprint density at radius 2 is 1.84 bits per heavy atom. The lowest BCUT2D eigenvalue weighted by Gasteiger charge is -2.39. The number of methoxy groups -OCH3 is 1. The van der Waals surface area contributed by atoms with Gasteiger partial charge in [-0.2, -0.15) is 0 Å². The van der Waals surface area contributed by atoms with Gasteiger partial charge in [0.05, 0.1) is 40.5 Å². The number of ether oxygens (including phenoxy) is 2. The molecule has 5 aliphatic rings. The highest BCUT2D eigenvalue weighted by Crippen LogP contribution is 2.43. The summed E-state index contributed by atoms with van der Waals surface area (Å²) in [4.78, 5) is 64.9. The molecule has 3 aromatic carbocycles. The fourth-order valence-corrected chi connectivity index (χ4v) is 10.0. The van der Waals surface area contributed by atoms with E-state index in [0.29, 0.717) is 65.5 Å². The molecule has 4 atom stereocenters. The number of Topliss-reactive ketones (excluding diaryl/α,β-unsaturated/α-hetero) is 1. The van der Waals surface area contributed by atoms with Crippen LogP contribution in [0.1, 0.15) is 62.1 Å². The van der Waals surface area contributed by atoms with E-state index < -0.39 is 29.6 Å². The number of ketones is 1. The highest BCUT2D eigenvalue weighted by atomic mass is 35.5. The number of fused-ring (bicyclic) bond motifs is 4. The molecule has 1 aromatic heterocycles. The van der Waals surface area contributed by atoms with Crippen LogP contribution in [0.5, 0.6) is 11.5 Å². The molecule has 9 rings (SSSR count). The summed E-state index contributed by atoms with van der Waals surface area (Å²) in [5.41, 5.74) is 3.45. The number of carbonyl (C=O) groups excluding carboxylic acids is 4. The molecular formula is C42H42Cl2FN7O6. The number of aromatic nitrogens is 2. The Balaban J connectivity index is 0.818. The molecule has 4 unspecified atom stereocenters. The molecule has 4 fully saturated rings. The SMILES string of the molecule is COc1cc2ncnc(Nc3ccc(Cl)c(Cl)c3F)c2cc1OC1CCC(CN2CC3CC2CN3c2ccc3c(c2)C(C(=O)C=O)N(C2CCC(=O)NC2=O)C3)CC1. The first kappa shape index (κ1) is 38.6. The Bertz CT molecular complexity index is 2330. The summed E-state index contributed by atoms with van der Waals surface area (Å²) in [6.45, 7) is 3.23. The van der Waals surface area contributed by atoms with Crippen molar-refractivity contribution in [3.05, 3.63) is 75.8 Å². The van der Waals surface area contributed by atoms with Crippen LogP contribution >= 0.6 is 23.2 Å². The third-order valence-corrected chi connectivity index (χ3v) is 13.4. The summed E-state index contributed by atoms with van der Waals surface area (Å²) in [7, 11) is 1.59. The number of piperidine rings is 1. The second-order valence-corrected chi connectivity index (χ2v) is 16.7. The lowest BCUT2D eigenvalue weighted by atomic mass is 9.86. The number of likely N-dealkylation sites (tertiary alicyclic amines) is 1. The minimum Gasteiger partial charge on any atom is -0.493 e. The zero-order chi connectivity index (χ0) is 40.2. The van der Waals surface area contributed by atoms with Gasteiger partial charge in [0, 0.05) is 61.8 Å². The van der Waals surface area contributed by atoms with Crippen LogP contribution in [-0.2, 0) is 25.7 Å². The van der Waals surface area contributed by atoms with Crippen molar-refractivity contribution < 1.29 is 33.0 Å². The largest absolute Gasteiger partial charge is 0.493 e. The Hall–Kier alpha value is -4.89. The fraction of sp³-hybridized carbons (Fsp3) is 0.429. The third kappa shape index (κ3) is 7.14. The maximum atomic E-state index is 14.9. The maximum absolute atomic E-state index is 14.9.